The van der Waals surface area contributed by atoms with Crippen molar-refractivity contribution in [3.63, 3.8) is 0 Å². The number of hydrogen-bond acceptors (Lipinski definition) is 2. The van der Waals surface area contributed by atoms with Gasteiger partial charge in [0.05, 0.1) is 0 Å². The molecule has 0 aliphatic carbocycles. The minimum Gasteiger partial charge on any atom is -0.332 e. The van der Waals surface area contributed by atoms with E-state index >= 15 is 0 Å². The van der Waals surface area contributed by atoms with Crippen molar-refractivity contribution in [1.82, 2.24) is 4.98 Å². The molecule has 0 radical (unpaired) electrons. The number of aromatic nitrogens is 1. The van der Waals surface area contributed by atoms with E-state index in [9.17, 15) is 0 Å². The van der Waals surface area contributed by atoms with Crippen LogP contribution in [0, 0.1) is 13.8 Å². The maximum Gasteiger partial charge on any atom is 0.176 e. The number of pyridine rings is 1. The van der Waals surface area contributed by atoms with Crippen molar-refractivity contribution in [3.05, 3.63) is 53.2 Å². The zero-order valence-electron chi connectivity index (χ0n) is 12.0. The number of hydrogen-bond donors (Lipinski definition) is 2. The molecule has 0 unspecified atom stereocenters. The van der Waals surface area contributed by atoms with Gasteiger partial charge in [-0.25, -0.2) is 4.98 Å². The molecular formula is C16H19N3S. The molecule has 20 heavy (non-hydrogen) atoms. The fraction of sp³-hybridized carbons (Fsp3) is 0.250. The van der Waals surface area contributed by atoms with E-state index in [2.05, 4.69) is 34.7 Å². The zero-order chi connectivity index (χ0) is 14.5. The van der Waals surface area contributed by atoms with Gasteiger partial charge in [0.2, 0.25) is 0 Å². The van der Waals surface area contributed by atoms with Gasteiger partial charge in [-0.3, -0.25) is 0 Å². The predicted octanol–water partition coefficient (Wildman–Crippen LogP) is 4.07. The van der Waals surface area contributed by atoms with Crippen molar-refractivity contribution in [2.24, 2.45) is 0 Å². The second-order valence-corrected chi connectivity index (χ2v) is 5.21. The molecule has 2 aromatic rings. The van der Waals surface area contributed by atoms with Gasteiger partial charge >= 0.3 is 0 Å². The Bertz CT molecular complexity index is 585. The molecule has 0 saturated heterocycles. The molecular weight excluding hydrogens is 266 g/mol. The highest BCUT2D eigenvalue weighted by atomic mass is 32.1. The van der Waals surface area contributed by atoms with Crippen molar-refractivity contribution < 1.29 is 0 Å². The monoisotopic (exact) mass is 285 g/mol. The van der Waals surface area contributed by atoms with E-state index in [1.807, 2.05) is 38.1 Å². The zero-order valence-corrected chi connectivity index (χ0v) is 12.8. The maximum absolute atomic E-state index is 5.30. The quantitative estimate of drug-likeness (QED) is 0.834. The van der Waals surface area contributed by atoms with Crippen molar-refractivity contribution in [3.8, 4) is 0 Å². The Morgan fingerprint density at radius 1 is 1.10 bits per heavy atom. The van der Waals surface area contributed by atoms with Gasteiger partial charge in [-0.1, -0.05) is 19.1 Å². The SMILES string of the molecule is CCc1ccc(NC(=S)Nc2cc(C)cc(C)n2)cc1. The van der Waals surface area contributed by atoms with Gasteiger partial charge in [-0.15, -0.1) is 0 Å². The Hall–Kier alpha value is -1.94. The first-order valence-corrected chi connectivity index (χ1v) is 7.10. The summed E-state index contributed by atoms with van der Waals surface area (Å²) in [6, 6.07) is 12.3. The molecule has 3 nitrogen and oxygen atoms in total. The molecule has 2 rings (SSSR count). The summed E-state index contributed by atoms with van der Waals surface area (Å²) < 4.78 is 0. The molecule has 0 spiro atoms. The van der Waals surface area contributed by atoms with Crippen LogP contribution in [0.1, 0.15) is 23.7 Å². The van der Waals surface area contributed by atoms with E-state index in [1.165, 1.54) is 5.56 Å². The Morgan fingerprint density at radius 3 is 2.40 bits per heavy atom. The van der Waals surface area contributed by atoms with E-state index < -0.39 is 0 Å². The molecule has 1 aromatic carbocycles. The molecule has 0 fully saturated rings. The highest BCUT2D eigenvalue weighted by Gasteiger charge is 2.01. The topological polar surface area (TPSA) is 37.0 Å². The lowest BCUT2D eigenvalue weighted by Gasteiger charge is -2.11. The molecule has 2 N–H and O–H groups in total. The average Bonchev–Trinajstić information content (AvgIpc) is 2.38. The molecule has 0 amide bonds. The Balaban J connectivity index is 2.01. The summed E-state index contributed by atoms with van der Waals surface area (Å²) in [5.41, 5.74) is 4.42. The molecule has 1 heterocycles. The normalized spacial score (nSPS) is 10.2. The van der Waals surface area contributed by atoms with Crippen LogP contribution in [0.4, 0.5) is 11.5 Å². The summed E-state index contributed by atoms with van der Waals surface area (Å²) in [6.45, 7) is 6.15. The van der Waals surface area contributed by atoms with Gasteiger partial charge in [0.1, 0.15) is 5.82 Å². The number of nitrogens with zero attached hydrogens (tertiary/aromatic N) is 1. The van der Waals surface area contributed by atoms with Crippen LogP contribution in [-0.4, -0.2) is 10.1 Å². The molecule has 1 aromatic heterocycles. The van der Waals surface area contributed by atoms with Crippen LogP contribution in [-0.2, 0) is 6.42 Å². The smallest absolute Gasteiger partial charge is 0.176 e. The molecule has 0 bridgehead atoms. The van der Waals surface area contributed by atoms with Crippen molar-refractivity contribution >= 4 is 28.8 Å². The maximum atomic E-state index is 5.30. The Labute approximate surface area is 125 Å². The van der Waals surface area contributed by atoms with E-state index in [1.54, 1.807) is 0 Å². The van der Waals surface area contributed by atoms with Crippen LogP contribution < -0.4 is 10.6 Å². The van der Waals surface area contributed by atoms with Crippen LogP contribution in [0.5, 0.6) is 0 Å². The number of thiocarbonyl (C=S) groups is 1. The van der Waals surface area contributed by atoms with Crippen molar-refractivity contribution in [2.75, 3.05) is 10.6 Å². The van der Waals surface area contributed by atoms with Gasteiger partial charge < -0.3 is 10.6 Å². The summed E-state index contributed by atoms with van der Waals surface area (Å²) in [6.07, 6.45) is 1.04. The summed E-state index contributed by atoms with van der Waals surface area (Å²) in [5.74, 6) is 0.769. The lowest BCUT2D eigenvalue weighted by atomic mass is 10.1. The van der Waals surface area contributed by atoms with Gasteiger partial charge in [-0.2, -0.15) is 0 Å². The first-order chi connectivity index (χ1) is 9.56. The fourth-order valence-electron chi connectivity index (χ4n) is 2.01. The molecule has 104 valence electrons. The number of rotatable bonds is 3. The standard InChI is InChI=1S/C16H19N3S/c1-4-13-5-7-14(8-6-13)18-16(20)19-15-10-11(2)9-12(3)17-15/h5-10H,4H2,1-3H3,(H2,17,18,19,20). The lowest BCUT2D eigenvalue weighted by molar-refractivity contribution is 1.14. The fourth-order valence-corrected chi connectivity index (χ4v) is 2.23. The minimum atomic E-state index is 0.548. The third-order valence-corrected chi connectivity index (χ3v) is 3.16. The van der Waals surface area contributed by atoms with Crippen LogP contribution in [0.25, 0.3) is 0 Å². The number of aryl methyl sites for hydroxylation is 3. The van der Waals surface area contributed by atoms with E-state index in [0.29, 0.717) is 5.11 Å². The van der Waals surface area contributed by atoms with Gasteiger partial charge in [0, 0.05) is 11.4 Å². The first-order valence-electron chi connectivity index (χ1n) is 6.69. The minimum absolute atomic E-state index is 0.548. The third kappa shape index (κ3) is 4.03. The van der Waals surface area contributed by atoms with Crippen LogP contribution in [0.15, 0.2) is 36.4 Å². The summed E-state index contributed by atoms with van der Waals surface area (Å²) >= 11 is 5.30. The second kappa shape index (κ2) is 6.48. The van der Waals surface area contributed by atoms with Crippen molar-refractivity contribution in [2.45, 2.75) is 27.2 Å². The number of anilines is 2. The Morgan fingerprint density at radius 2 is 1.80 bits per heavy atom. The van der Waals surface area contributed by atoms with Crippen LogP contribution in [0.3, 0.4) is 0 Å². The first kappa shape index (κ1) is 14.5. The summed E-state index contributed by atoms with van der Waals surface area (Å²) in [5, 5.41) is 6.82. The Kier molecular flexibility index (Phi) is 4.69. The largest absolute Gasteiger partial charge is 0.332 e. The highest BCUT2D eigenvalue weighted by Crippen LogP contribution is 2.12. The molecule has 0 aliphatic rings. The predicted molar refractivity (Wildman–Crippen MR) is 89.4 cm³/mol. The van der Waals surface area contributed by atoms with Gasteiger partial charge in [-0.05, 0) is 67.9 Å². The summed E-state index contributed by atoms with van der Waals surface area (Å²) in [4.78, 5) is 4.40. The average molecular weight is 285 g/mol. The van der Waals surface area contributed by atoms with Gasteiger partial charge in [0.25, 0.3) is 0 Å². The summed E-state index contributed by atoms with van der Waals surface area (Å²) in [7, 11) is 0. The van der Waals surface area contributed by atoms with Crippen LogP contribution in [0.2, 0.25) is 0 Å². The van der Waals surface area contributed by atoms with E-state index in [-0.39, 0.29) is 0 Å². The number of nitrogens with one attached hydrogen (secondary N) is 2. The molecule has 4 heteroatoms. The molecule has 0 atom stereocenters. The van der Waals surface area contributed by atoms with Crippen molar-refractivity contribution in [1.29, 1.82) is 0 Å². The van der Waals surface area contributed by atoms with E-state index in [4.69, 9.17) is 12.2 Å². The third-order valence-electron chi connectivity index (χ3n) is 2.96. The second-order valence-electron chi connectivity index (χ2n) is 4.80. The van der Waals surface area contributed by atoms with Crippen LogP contribution >= 0.6 is 12.2 Å². The van der Waals surface area contributed by atoms with Gasteiger partial charge in [0.15, 0.2) is 5.11 Å². The lowest BCUT2D eigenvalue weighted by Crippen LogP contribution is -2.20. The van der Waals surface area contributed by atoms with E-state index in [0.717, 1.165) is 29.2 Å². The molecule has 0 aliphatic heterocycles. The molecule has 0 saturated carbocycles. The number of benzene rings is 1. The highest BCUT2D eigenvalue weighted by molar-refractivity contribution is 7.80.